The van der Waals surface area contributed by atoms with Gasteiger partial charge in [-0.15, -0.1) is 0 Å². The summed E-state index contributed by atoms with van der Waals surface area (Å²) in [5, 5.41) is 1.09. The molecule has 2 aromatic rings. The average Bonchev–Trinajstić information content (AvgIpc) is 2.57. The number of anilines is 2. The molecule has 0 bridgehead atoms. The lowest BCUT2D eigenvalue weighted by Gasteiger charge is -2.34. The van der Waals surface area contributed by atoms with E-state index < -0.39 is 0 Å². The van der Waals surface area contributed by atoms with Crippen molar-refractivity contribution in [1.29, 1.82) is 0 Å². The smallest absolute Gasteiger partial charge is 0.134 e. The first-order chi connectivity index (χ1) is 11.0. The van der Waals surface area contributed by atoms with Gasteiger partial charge in [-0.1, -0.05) is 29.3 Å². The number of nitrogens with zero attached hydrogens (tertiary/aromatic N) is 4. The summed E-state index contributed by atoms with van der Waals surface area (Å²) in [4.78, 5) is 12.8. The van der Waals surface area contributed by atoms with Gasteiger partial charge in [-0.3, -0.25) is 0 Å². The van der Waals surface area contributed by atoms with Crippen molar-refractivity contribution in [2.75, 3.05) is 43.6 Å². The molecule has 0 saturated carbocycles. The zero-order valence-corrected chi connectivity index (χ0v) is 14.6. The van der Waals surface area contributed by atoms with Gasteiger partial charge in [-0.25, -0.2) is 9.97 Å². The Kier molecular flexibility index (Phi) is 4.90. The third-order valence-electron chi connectivity index (χ3n) is 3.80. The van der Waals surface area contributed by atoms with E-state index in [4.69, 9.17) is 27.9 Å². The fourth-order valence-electron chi connectivity index (χ4n) is 2.53. The van der Waals surface area contributed by atoms with Gasteiger partial charge in [-0.05, 0) is 17.7 Å². The standard InChI is InChI=1S/C16H18Cl2N4O/c1-21(2)15-8-16(20-10-19-15)22-5-6-23-14(9-22)11-3-4-12(17)13(18)7-11/h3-4,7-8,10,14H,5-6,9H2,1-2H3/t14-/m1/s1. The van der Waals surface area contributed by atoms with Crippen molar-refractivity contribution >= 4 is 34.8 Å². The molecule has 1 aromatic carbocycles. The lowest BCUT2D eigenvalue weighted by atomic mass is 10.1. The van der Waals surface area contributed by atoms with Crippen LogP contribution in [0.3, 0.4) is 0 Å². The van der Waals surface area contributed by atoms with Crippen molar-refractivity contribution in [1.82, 2.24) is 9.97 Å². The van der Waals surface area contributed by atoms with Crippen LogP contribution < -0.4 is 9.80 Å². The van der Waals surface area contributed by atoms with Gasteiger partial charge in [0.2, 0.25) is 0 Å². The molecule has 2 heterocycles. The van der Waals surface area contributed by atoms with Crippen molar-refractivity contribution in [3.8, 4) is 0 Å². The number of morpholine rings is 1. The largest absolute Gasteiger partial charge is 0.370 e. The molecule has 0 amide bonds. The van der Waals surface area contributed by atoms with Crippen LogP contribution in [-0.4, -0.2) is 43.8 Å². The summed E-state index contributed by atoms with van der Waals surface area (Å²) in [6.07, 6.45) is 1.53. The molecule has 0 aliphatic carbocycles. The quantitative estimate of drug-likeness (QED) is 0.846. The monoisotopic (exact) mass is 352 g/mol. The van der Waals surface area contributed by atoms with Gasteiger partial charge in [0.05, 0.1) is 16.7 Å². The van der Waals surface area contributed by atoms with Gasteiger partial charge in [0.15, 0.2) is 0 Å². The Balaban J connectivity index is 1.80. The molecular weight excluding hydrogens is 335 g/mol. The van der Waals surface area contributed by atoms with E-state index in [0.29, 0.717) is 23.2 Å². The van der Waals surface area contributed by atoms with Crippen LogP contribution in [-0.2, 0) is 4.74 Å². The maximum atomic E-state index is 6.11. The molecule has 122 valence electrons. The van der Waals surface area contributed by atoms with Crippen LogP contribution in [0.2, 0.25) is 10.0 Å². The van der Waals surface area contributed by atoms with Crippen molar-refractivity contribution in [3.05, 3.63) is 46.2 Å². The predicted octanol–water partition coefficient (Wildman–Crippen LogP) is 3.43. The fraction of sp³-hybridized carbons (Fsp3) is 0.375. The minimum atomic E-state index is -0.0590. The molecule has 0 unspecified atom stereocenters. The Hall–Kier alpha value is -1.56. The van der Waals surface area contributed by atoms with Gasteiger partial charge >= 0.3 is 0 Å². The summed E-state index contributed by atoms with van der Waals surface area (Å²) in [7, 11) is 3.92. The van der Waals surface area contributed by atoms with Crippen LogP contribution in [0.4, 0.5) is 11.6 Å². The van der Waals surface area contributed by atoms with Crippen LogP contribution in [0.5, 0.6) is 0 Å². The van der Waals surface area contributed by atoms with E-state index >= 15 is 0 Å². The number of aromatic nitrogens is 2. The molecule has 23 heavy (non-hydrogen) atoms. The minimum Gasteiger partial charge on any atom is -0.370 e. The first kappa shape index (κ1) is 16.3. The number of hydrogen-bond acceptors (Lipinski definition) is 5. The van der Waals surface area contributed by atoms with Crippen LogP contribution in [0.1, 0.15) is 11.7 Å². The van der Waals surface area contributed by atoms with Crippen LogP contribution in [0.25, 0.3) is 0 Å². The summed E-state index contributed by atoms with van der Waals surface area (Å²) in [5.74, 6) is 1.78. The Morgan fingerprint density at radius 3 is 2.74 bits per heavy atom. The number of hydrogen-bond donors (Lipinski definition) is 0. The molecule has 5 nitrogen and oxygen atoms in total. The Morgan fingerprint density at radius 2 is 2.00 bits per heavy atom. The first-order valence-electron chi connectivity index (χ1n) is 7.35. The van der Waals surface area contributed by atoms with Crippen molar-refractivity contribution in [2.24, 2.45) is 0 Å². The van der Waals surface area contributed by atoms with E-state index in [-0.39, 0.29) is 6.10 Å². The van der Waals surface area contributed by atoms with Crippen LogP contribution in [0.15, 0.2) is 30.6 Å². The van der Waals surface area contributed by atoms with E-state index in [0.717, 1.165) is 23.7 Å². The zero-order chi connectivity index (χ0) is 16.4. The maximum absolute atomic E-state index is 6.11. The molecule has 1 saturated heterocycles. The highest BCUT2D eigenvalue weighted by Gasteiger charge is 2.24. The van der Waals surface area contributed by atoms with E-state index in [1.54, 1.807) is 12.4 Å². The van der Waals surface area contributed by atoms with Crippen molar-refractivity contribution < 1.29 is 4.74 Å². The summed E-state index contributed by atoms with van der Waals surface area (Å²) in [6, 6.07) is 7.60. The van der Waals surface area contributed by atoms with Gasteiger partial charge in [0.1, 0.15) is 24.1 Å². The molecule has 1 aromatic heterocycles. The molecule has 0 radical (unpaired) electrons. The molecule has 0 spiro atoms. The van der Waals surface area contributed by atoms with E-state index in [1.807, 2.05) is 37.2 Å². The van der Waals surface area contributed by atoms with E-state index in [2.05, 4.69) is 14.9 Å². The van der Waals surface area contributed by atoms with Gasteiger partial charge in [-0.2, -0.15) is 0 Å². The fourth-order valence-corrected chi connectivity index (χ4v) is 2.83. The van der Waals surface area contributed by atoms with Crippen LogP contribution >= 0.6 is 23.2 Å². The van der Waals surface area contributed by atoms with E-state index in [9.17, 15) is 0 Å². The lowest BCUT2D eigenvalue weighted by Crippen LogP contribution is -2.39. The first-order valence-corrected chi connectivity index (χ1v) is 8.11. The molecule has 0 N–H and O–H groups in total. The predicted molar refractivity (Wildman–Crippen MR) is 93.7 cm³/mol. The third-order valence-corrected chi connectivity index (χ3v) is 4.54. The molecule has 1 fully saturated rings. The second-order valence-corrected chi connectivity index (χ2v) is 6.42. The molecule has 1 atom stereocenters. The summed E-state index contributed by atoms with van der Waals surface area (Å²) in [6.45, 7) is 2.13. The summed E-state index contributed by atoms with van der Waals surface area (Å²) in [5.41, 5.74) is 1.02. The Bertz CT molecular complexity index is 696. The molecule has 3 rings (SSSR count). The highest BCUT2D eigenvalue weighted by Crippen LogP contribution is 2.30. The zero-order valence-electron chi connectivity index (χ0n) is 13.0. The maximum Gasteiger partial charge on any atom is 0.134 e. The SMILES string of the molecule is CN(C)c1cc(N2CCO[C@@H](c3ccc(Cl)c(Cl)c3)C2)ncn1. The minimum absolute atomic E-state index is 0.0590. The summed E-state index contributed by atoms with van der Waals surface area (Å²) < 4.78 is 5.89. The topological polar surface area (TPSA) is 41.5 Å². The Labute approximate surface area is 145 Å². The average molecular weight is 353 g/mol. The highest BCUT2D eigenvalue weighted by molar-refractivity contribution is 6.42. The van der Waals surface area contributed by atoms with Gasteiger partial charge < -0.3 is 14.5 Å². The molecule has 1 aliphatic heterocycles. The number of halogens is 2. The van der Waals surface area contributed by atoms with Crippen LogP contribution in [0, 0.1) is 0 Å². The molecular formula is C16H18Cl2N4O. The summed E-state index contributed by atoms with van der Waals surface area (Å²) >= 11 is 12.1. The van der Waals surface area contributed by atoms with Crippen molar-refractivity contribution in [2.45, 2.75) is 6.10 Å². The molecule has 7 heteroatoms. The number of ether oxygens (including phenoxy) is 1. The normalized spacial score (nSPS) is 18.1. The third kappa shape index (κ3) is 3.68. The number of benzene rings is 1. The Morgan fingerprint density at radius 1 is 1.17 bits per heavy atom. The second kappa shape index (κ2) is 6.91. The van der Waals surface area contributed by atoms with Gasteiger partial charge in [0.25, 0.3) is 0 Å². The van der Waals surface area contributed by atoms with Gasteiger partial charge in [0, 0.05) is 33.3 Å². The highest BCUT2D eigenvalue weighted by atomic mass is 35.5. The second-order valence-electron chi connectivity index (χ2n) is 5.61. The van der Waals surface area contributed by atoms with E-state index in [1.165, 1.54) is 0 Å². The number of rotatable bonds is 3. The van der Waals surface area contributed by atoms with Crippen molar-refractivity contribution in [3.63, 3.8) is 0 Å². The lowest BCUT2D eigenvalue weighted by molar-refractivity contribution is 0.0395. The molecule has 1 aliphatic rings.